The average molecular weight is 515 g/mol. The fraction of sp³-hybridized carbons (Fsp3) is 0.481. The van der Waals surface area contributed by atoms with Gasteiger partial charge in [-0.2, -0.15) is 0 Å². The summed E-state index contributed by atoms with van der Waals surface area (Å²) in [4.78, 5) is 28.3. The molecule has 0 saturated heterocycles. The lowest BCUT2D eigenvalue weighted by molar-refractivity contribution is -0.143. The van der Waals surface area contributed by atoms with Gasteiger partial charge in [0.05, 0.1) is 0 Å². The Hall–Kier alpha value is -2.34. The minimum absolute atomic E-state index is 0.0688. The van der Waals surface area contributed by atoms with E-state index in [1.807, 2.05) is 58.0 Å². The summed E-state index contributed by atoms with van der Waals surface area (Å²) in [6.45, 7) is 8.24. The third-order valence-electron chi connectivity index (χ3n) is 6.30. The molecule has 3 rings (SSSR count). The first-order valence-electron chi connectivity index (χ1n) is 11.8. The molecular weight excluding hydrogens is 480 g/mol. The molecule has 1 fully saturated rings. The molecule has 0 spiro atoms. The van der Waals surface area contributed by atoms with Gasteiger partial charge in [0.1, 0.15) is 11.8 Å². The quantitative estimate of drug-likeness (QED) is 0.472. The van der Waals surface area contributed by atoms with Crippen LogP contribution in [-0.2, 0) is 16.1 Å². The zero-order valence-corrected chi connectivity index (χ0v) is 21.7. The lowest BCUT2D eigenvalue weighted by Crippen LogP contribution is -2.52. The smallest absolute Gasteiger partial charge is 0.261 e. The van der Waals surface area contributed by atoms with Crippen LogP contribution in [0.15, 0.2) is 40.9 Å². The van der Waals surface area contributed by atoms with Crippen LogP contribution in [0.2, 0.25) is 0 Å². The molecule has 5 nitrogen and oxygen atoms in total. The van der Waals surface area contributed by atoms with E-state index in [1.165, 1.54) is 0 Å². The van der Waals surface area contributed by atoms with E-state index < -0.39 is 6.04 Å². The maximum absolute atomic E-state index is 13.4. The summed E-state index contributed by atoms with van der Waals surface area (Å²) in [5, 5.41) is 3.18. The van der Waals surface area contributed by atoms with Gasteiger partial charge in [0, 0.05) is 17.1 Å². The molecule has 2 aromatic rings. The fourth-order valence-corrected chi connectivity index (χ4v) is 4.74. The Kier molecular flexibility index (Phi) is 8.95. The molecule has 33 heavy (non-hydrogen) atoms. The highest BCUT2D eigenvalue weighted by Crippen LogP contribution is 2.26. The van der Waals surface area contributed by atoms with Crippen molar-refractivity contribution in [1.82, 2.24) is 10.2 Å². The zero-order valence-electron chi connectivity index (χ0n) is 20.1. The summed E-state index contributed by atoms with van der Waals surface area (Å²) in [5.74, 6) is 0.393. The van der Waals surface area contributed by atoms with Crippen molar-refractivity contribution in [2.24, 2.45) is 0 Å². The lowest BCUT2D eigenvalue weighted by Gasteiger charge is -2.31. The summed E-state index contributed by atoms with van der Waals surface area (Å²) >= 11 is 3.56. The Morgan fingerprint density at radius 1 is 1.12 bits per heavy atom. The summed E-state index contributed by atoms with van der Waals surface area (Å²) in [6, 6.07) is 11.6. The normalized spacial score (nSPS) is 14.7. The standard InChI is InChI=1S/C27H35BrN2O3/c1-5-24(27(32)29-22-11-6-7-12-22)30(16-21-10-8-9-18(2)13-21)25(31)17-33-23-14-19(3)26(28)20(4)15-23/h8-10,13-15,22,24H,5-7,11-12,16-17H2,1-4H3,(H,29,32). The molecule has 0 aromatic heterocycles. The van der Waals surface area contributed by atoms with Crippen molar-refractivity contribution < 1.29 is 14.3 Å². The summed E-state index contributed by atoms with van der Waals surface area (Å²) < 4.78 is 6.93. The number of hydrogen-bond donors (Lipinski definition) is 1. The van der Waals surface area contributed by atoms with Gasteiger partial charge in [-0.15, -0.1) is 0 Å². The van der Waals surface area contributed by atoms with Gasteiger partial charge < -0.3 is 15.0 Å². The SMILES string of the molecule is CCC(C(=O)NC1CCCC1)N(Cc1cccc(C)c1)C(=O)COc1cc(C)c(Br)c(C)c1. The van der Waals surface area contributed by atoms with Crippen molar-refractivity contribution in [1.29, 1.82) is 0 Å². The molecule has 1 aliphatic carbocycles. The van der Waals surface area contributed by atoms with Gasteiger partial charge in [0.25, 0.3) is 5.91 Å². The second kappa shape index (κ2) is 11.7. The molecular formula is C27H35BrN2O3. The van der Waals surface area contributed by atoms with Crippen LogP contribution >= 0.6 is 15.9 Å². The van der Waals surface area contributed by atoms with Crippen LogP contribution in [-0.4, -0.2) is 35.4 Å². The molecule has 2 aromatic carbocycles. The Balaban J connectivity index is 1.78. The highest BCUT2D eigenvalue weighted by atomic mass is 79.9. The Morgan fingerprint density at radius 3 is 2.39 bits per heavy atom. The van der Waals surface area contributed by atoms with E-state index in [2.05, 4.69) is 27.3 Å². The Labute approximate surface area is 206 Å². The molecule has 178 valence electrons. The van der Waals surface area contributed by atoms with Crippen molar-refractivity contribution in [3.63, 3.8) is 0 Å². The largest absolute Gasteiger partial charge is 0.484 e. The maximum atomic E-state index is 13.4. The van der Waals surface area contributed by atoms with E-state index in [4.69, 9.17) is 4.74 Å². The molecule has 1 unspecified atom stereocenters. The van der Waals surface area contributed by atoms with Crippen molar-refractivity contribution in [2.45, 2.75) is 78.4 Å². The van der Waals surface area contributed by atoms with Crippen LogP contribution in [0, 0.1) is 20.8 Å². The van der Waals surface area contributed by atoms with Crippen LogP contribution < -0.4 is 10.1 Å². The molecule has 0 radical (unpaired) electrons. The fourth-order valence-electron chi connectivity index (χ4n) is 4.51. The van der Waals surface area contributed by atoms with Gasteiger partial charge in [0.2, 0.25) is 5.91 Å². The van der Waals surface area contributed by atoms with Crippen molar-refractivity contribution in [3.8, 4) is 5.75 Å². The molecule has 0 bridgehead atoms. The summed E-state index contributed by atoms with van der Waals surface area (Å²) in [5.41, 5.74) is 4.24. The molecule has 1 N–H and O–H groups in total. The molecule has 1 atom stereocenters. The number of hydrogen-bond acceptors (Lipinski definition) is 3. The molecule has 1 saturated carbocycles. The van der Waals surface area contributed by atoms with Crippen LogP contribution in [0.4, 0.5) is 0 Å². The van der Waals surface area contributed by atoms with Crippen LogP contribution in [0.5, 0.6) is 5.75 Å². The molecule has 0 heterocycles. The minimum atomic E-state index is -0.532. The van der Waals surface area contributed by atoms with E-state index in [9.17, 15) is 9.59 Å². The van der Waals surface area contributed by atoms with E-state index in [-0.39, 0.29) is 24.5 Å². The van der Waals surface area contributed by atoms with Gasteiger partial charge in [-0.25, -0.2) is 0 Å². The number of nitrogens with zero attached hydrogens (tertiary/aromatic N) is 1. The number of aryl methyl sites for hydroxylation is 3. The topological polar surface area (TPSA) is 58.6 Å². The van der Waals surface area contributed by atoms with Crippen LogP contribution in [0.3, 0.4) is 0 Å². The van der Waals surface area contributed by atoms with Crippen molar-refractivity contribution >= 4 is 27.7 Å². The molecule has 1 aliphatic rings. The molecule has 2 amide bonds. The lowest BCUT2D eigenvalue weighted by atomic mass is 10.1. The number of carbonyl (C=O) groups is 2. The van der Waals surface area contributed by atoms with E-state index in [0.717, 1.165) is 52.4 Å². The number of halogens is 1. The monoisotopic (exact) mass is 514 g/mol. The molecule has 6 heteroatoms. The van der Waals surface area contributed by atoms with Gasteiger partial charge >= 0.3 is 0 Å². The van der Waals surface area contributed by atoms with Crippen LogP contribution in [0.1, 0.15) is 61.3 Å². The second-order valence-corrected chi connectivity index (χ2v) is 9.88. The second-order valence-electron chi connectivity index (χ2n) is 9.08. The zero-order chi connectivity index (χ0) is 24.0. The number of benzene rings is 2. The number of carbonyl (C=O) groups excluding carboxylic acids is 2. The van der Waals surface area contributed by atoms with Gasteiger partial charge in [-0.1, -0.05) is 65.5 Å². The third-order valence-corrected chi connectivity index (χ3v) is 7.55. The van der Waals surface area contributed by atoms with Gasteiger partial charge in [-0.05, 0) is 68.9 Å². The maximum Gasteiger partial charge on any atom is 0.261 e. The van der Waals surface area contributed by atoms with Crippen molar-refractivity contribution in [2.75, 3.05) is 6.61 Å². The number of rotatable bonds is 9. The average Bonchev–Trinajstić information content (AvgIpc) is 3.28. The molecule has 0 aliphatic heterocycles. The van der Waals surface area contributed by atoms with Crippen molar-refractivity contribution in [3.05, 3.63) is 63.1 Å². The summed E-state index contributed by atoms with van der Waals surface area (Å²) in [6.07, 6.45) is 4.87. The van der Waals surface area contributed by atoms with E-state index in [0.29, 0.717) is 18.7 Å². The highest BCUT2D eigenvalue weighted by molar-refractivity contribution is 9.10. The van der Waals surface area contributed by atoms with Crippen LogP contribution in [0.25, 0.3) is 0 Å². The third kappa shape index (κ3) is 6.83. The Morgan fingerprint density at radius 2 is 1.79 bits per heavy atom. The number of amides is 2. The van der Waals surface area contributed by atoms with E-state index in [1.54, 1.807) is 4.90 Å². The van der Waals surface area contributed by atoms with E-state index >= 15 is 0 Å². The number of nitrogens with one attached hydrogen (secondary N) is 1. The van der Waals surface area contributed by atoms with Gasteiger partial charge in [-0.3, -0.25) is 9.59 Å². The number of ether oxygens (including phenoxy) is 1. The highest BCUT2D eigenvalue weighted by Gasteiger charge is 2.31. The first-order valence-corrected chi connectivity index (χ1v) is 12.6. The first-order chi connectivity index (χ1) is 15.8. The first kappa shape index (κ1) is 25.3. The predicted octanol–water partition coefficient (Wildman–Crippen LogP) is 5.62. The van der Waals surface area contributed by atoms with Gasteiger partial charge in [0.15, 0.2) is 6.61 Å². The minimum Gasteiger partial charge on any atom is -0.484 e. The Bertz CT molecular complexity index is 962. The summed E-state index contributed by atoms with van der Waals surface area (Å²) in [7, 11) is 0. The predicted molar refractivity (Wildman–Crippen MR) is 135 cm³/mol.